The van der Waals surface area contributed by atoms with Crippen molar-refractivity contribution in [3.63, 3.8) is 0 Å². The van der Waals surface area contributed by atoms with E-state index in [1.54, 1.807) is 12.2 Å². The molecule has 2 fully saturated rings. The van der Waals surface area contributed by atoms with Gasteiger partial charge in [0.1, 0.15) is 0 Å². The molecule has 4 aliphatic rings. The molecule has 22 heavy (non-hydrogen) atoms. The largest absolute Gasteiger partial charge is 0.481 e. The van der Waals surface area contributed by atoms with Crippen molar-refractivity contribution in [1.29, 1.82) is 0 Å². The molecular weight excluding hydrogens is 296 g/mol. The second-order valence-electron chi connectivity index (χ2n) is 6.15. The highest BCUT2D eigenvalue weighted by Gasteiger charge is 2.70. The average molecular weight is 310 g/mol. The first-order valence-corrected chi connectivity index (χ1v) is 6.87. The monoisotopic (exact) mass is 310 g/mol. The molecule has 0 aliphatic heterocycles. The Morgan fingerprint density at radius 1 is 0.545 bits per heavy atom. The molecule has 0 unspecified atom stereocenters. The summed E-state index contributed by atoms with van der Waals surface area (Å²) < 4.78 is 0. The van der Waals surface area contributed by atoms with Gasteiger partial charge in [0.2, 0.25) is 0 Å². The highest BCUT2D eigenvalue weighted by Crippen LogP contribution is 2.64. The quantitative estimate of drug-likeness (QED) is 0.524. The van der Waals surface area contributed by atoms with Gasteiger partial charge < -0.3 is 20.4 Å². The van der Waals surface area contributed by atoms with E-state index in [0.717, 1.165) is 0 Å². The lowest BCUT2D eigenvalue weighted by molar-refractivity contribution is -0.206. The molecule has 0 aromatic rings. The molecule has 0 radical (unpaired) electrons. The topological polar surface area (TPSA) is 149 Å². The van der Waals surface area contributed by atoms with Gasteiger partial charge in [-0.05, 0) is 23.7 Å². The molecule has 4 N–H and O–H groups in total. The van der Waals surface area contributed by atoms with Crippen LogP contribution in [0.3, 0.4) is 0 Å². The van der Waals surface area contributed by atoms with E-state index < -0.39 is 71.2 Å². The molecule has 8 heteroatoms. The number of allylic oxidation sites excluding steroid dienone is 2. The Kier molecular flexibility index (Phi) is 3.01. The van der Waals surface area contributed by atoms with Gasteiger partial charge >= 0.3 is 23.9 Å². The number of hydrogen-bond donors (Lipinski definition) is 4. The minimum atomic E-state index is -1.28. The van der Waals surface area contributed by atoms with Crippen LogP contribution >= 0.6 is 0 Å². The Balaban J connectivity index is 2.06. The first kappa shape index (κ1) is 14.6. The Hall–Kier alpha value is -2.38. The molecule has 0 saturated heterocycles. The second-order valence-corrected chi connectivity index (χ2v) is 6.15. The van der Waals surface area contributed by atoms with E-state index in [-0.39, 0.29) is 0 Å². The van der Waals surface area contributed by atoms with Crippen LogP contribution in [-0.4, -0.2) is 44.3 Å². The van der Waals surface area contributed by atoms with Crippen molar-refractivity contribution in [2.75, 3.05) is 0 Å². The number of rotatable bonds is 4. The molecule has 118 valence electrons. The molecule has 0 amide bonds. The zero-order chi connectivity index (χ0) is 16.3. The molecule has 4 aliphatic carbocycles. The van der Waals surface area contributed by atoms with E-state index in [1.807, 2.05) is 0 Å². The van der Waals surface area contributed by atoms with Crippen molar-refractivity contribution >= 4 is 23.9 Å². The minimum Gasteiger partial charge on any atom is -0.481 e. The van der Waals surface area contributed by atoms with Crippen LogP contribution in [0.15, 0.2) is 12.2 Å². The van der Waals surface area contributed by atoms with Crippen LogP contribution in [0.4, 0.5) is 0 Å². The normalized spacial score (nSPS) is 44.7. The highest BCUT2D eigenvalue weighted by molar-refractivity contribution is 5.86. The third kappa shape index (κ3) is 1.63. The van der Waals surface area contributed by atoms with Crippen LogP contribution in [-0.2, 0) is 19.2 Å². The van der Waals surface area contributed by atoms with Crippen LogP contribution in [0.2, 0.25) is 0 Å². The number of aliphatic carboxylic acids is 4. The minimum absolute atomic E-state index is 0.634. The standard InChI is InChI=1S/C14H14O8/c15-11(16)7-3-1-2-4(8(7)12(17)18)6-5(3)9(13(19)20)10(6)14(21)22/h1-10H,(H,15,16)(H,17,18)(H,19,20)(H,21,22)/t3-,4+,5+,6-,7+,8-,9-,10-/m0/s1. The maximum Gasteiger partial charge on any atom is 0.308 e. The summed E-state index contributed by atoms with van der Waals surface area (Å²) in [6.45, 7) is 0. The third-order valence-electron chi connectivity index (χ3n) is 5.46. The molecule has 0 aromatic carbocycles. The predicted molar refractivity (Wildman–Crippen MR) is 67.6 cm³/mol. The molecule has 0 spiro atoms. The Bertz CT molecular complexity index is 556. The predicted octanol–water partition coefficient (Wildman–Crippen LogP) is -0.149. The van der Waals surface area contributed by atoms with Gasteiger partial charge in [-0.15, -0.1) is 0 Å². The highest BCUT2D eigenvalue weighted by atomic mass is 16.4. The summed E-state index contributed by atoms with van der Waals surface area (Å²) in [5.74, 6) is -12.7. The summed E-state index contributed by atoms with van der Waals surface area (Å²) in [6.07, 6.45) is 3.11. The van der Waals surface area contributed by atoms with E-state index in [1.165, 1.54) is 0 Å². The fraction of sp³-hybridized carbons (Fsp3) is 0.571. The molecule has 0 aromatic heterocycles. The Morgan fingerprint density at radius 2 is 0.818 bits per heavy atom. The van der Waals surface area contributed by atoms with E-state index in [2.05, 4.69) is 0 Å². The van der Waals surface area contributed by atoms with Crippen molar-refractivity contribution in [3.05, 3.63) is 12.2 Å². The lowest BCUT2D eigenvalue weighted by Crippen LogP contribution is -2.67. The maximum absolute atomic E-state index is 11.5. The second kappa shape index (κ2) is 4.56. The van der Waals surface area contributed by atoms with Gasteiger partial charge in [-0.2, -0.15) is 0 Å². The maximum atomic E-state index is 11.5. The van der Waals surface area contributed by atoms with Crippen LogP contribution in [0, 0.1) is 47.3 Å². The van der Waals surface area contributed by atoms with Crippen molar-refractivity contribution in [1.82, 2.24) is 0 Å². The summed E-state index contributed by atoms with van der Waals surface area (Å²) in [7, 11) is 0. The Labute approximate surface area is 124 Å². The zero-order valence-corrected chi connectivity index (χ0v) is 11.2. The van der Waals surface area contributed by atoms with Gasteiger partial charge in [0.25, 0.3) is 0 Å². The van der Waals surface area contributed by atoms with Crippen molar-refractivity contribution in [2.45, 2.75) is 0 Å². The third-order valence-corrected chi connectivity index (χ3v) is 5.46. The van der Waals surface area contributed by atoms with Crippen LogP contribution in [0.1, 0.15) is 0 Å². The number of fused-ring (bicyclic) bond motifs is 1. The summed E-state index contributed by atoms with van der Waals surface area (Å²) >= 11 is 0. The van der Waals surface area contributed by atoms with E-state index in [0.29, 0.717) is 0 Å². The van der Waals surface area contributed by atoms with Gasteiger partial charge in [-0.1, -0.05) is 12.2 Å². The van der Waals surface area contributed by atoms with Gasteiger partial charge in [-0.25, -0.2) is 0 Å². The SMILES string of the molecule is O=C(O)[C@@H]1[C@H]2C=C[C@@H]([C@@H]1C(=O)O)[C@@H]1[C@H](C(=O)O)[C@@H](C(=O)O)[C@H]21. The van der Waals surface area contributed by atoms with Crippen molar-refractivity contribution < 1.29 is 39.6 Å². The van der Waals surface area contributed by atoms with E-state index in [4.69, 9.17) is 0 Å². The van der Waals surface area contributed by atoms with Gasteiger partial charge in [0, 0.05) is 0 Å². The van der Waals surface area contributed by atoms with E-state index >= 15 is 0 Å². The molecule has 0 heterocycles. The van der Waals surface area contributed by atoms with Crippen LogP contribution in [0.25, 0.3) is 0 Å². The molecular formula is C14H14O8. The lowest BCUT2D eigenvalue weighted by Gasteiger charge is -2.61. The first-order valence-electron chi connectivity index (χ1n) is 6.87. The van der Waals surface area contributed by atoms with Crippen LogP contribution < -0.4 is 0 Å². The summed E-state index contributed by atoms with van der Waals surface area (Å²) in [4.78, 5) is 45.7. The lowest BCUT2D eigenvalue weighted by atomic mass is 9.39. The fourth-order valence-electron chi connectivity index (χ4n) is 4.79. The van der Waals surface area contributed by atoms with Gasteiger partial charge in [0.15, 0.2) is 0 Å². The molecule has 4 rings (SSSR count). The van der Waals surface area contributed by atoms with Crippen molar-refractivity contribution in [3.8, 4) is 0 Å². The van der Waals surface area contributed by atoms with Gasteiger partial charge in [-0.3, -0.25) is 19.2 Å². The number of carboxylic acid groups (broad SMARTS) is 4. The van der Waals surface area contributed by atoms with Gasteiger partial charge in [0.05, 0.1) is 23.7 Å². The number of hydrogen-bond acceptors (Lipinski definition) is 4. The fourth-order valence-corrected chi connectivity index (χ4v) is 4.79. The van der Waals surface area contributed by atoms with Crippen LogP contribution in [0.5, 0.6) is 0 Å². The zero-order valence-electron chi connectivity index (χ0n) is 11.2. The Morgan fingerprint density at radius 3 is 1.05 bits per heavy atom. The molecule has 2 saturated carbocycles. The summed E-state index contributed by atoms with van der Waals surface area (Å²) in [5, 5.41) is 37.2. The molecule has 2 bridgehead atoms. The smallest absolute Gasteiger partial charge is 0.308 e. The summed E-state index contributed by atoms with van der Waals surface area (Å²) in [6, 6.07) is 0. The molecule has 8 atom stereocenters. The first-order chi connectivity index (χ1) is 10.3. The number of carboxylic acids is 4. The van der Waals surface area contributed by atoms with Crippen molar-refractivity contribution in [2.24, 2.45) is 47.3 Å². The average Bonchev–Trinajstić information content (AvgIpc) is 2.36. The van der Waals surface area contributed by atoms with E-state index in [9.17, 15) is 39.6 Å². The molecule has 8 nitrogen and oxygen atoms in total. The number of carbonyl (C=O) groups is 4. The summed E-state index contributed by atoms with van der Waals surface area (Å²) in [5.41, 5.74) is 0.